The van der Waals surface area contributed by atoms with Gasteiger partial charge in [-0.2, -0.15) is 5.10 Å². The standard InChI is InChI=1S/C13H16N2O2/c1-10-4-5-12(16-3)13(6-10)17-9-11-7-14-15(2)8-11/h4-8H,9H2,1-3H3. The van der Waals surface area contributed by atoms with E-state index in [-0.39, 0.29) is 0 Å². The molecule has 0 spiro atoms. The fourth-order valence-corrected chi connectivity index (χ4v) is 1.60. The molecule has 0 aliphatic rings. The number of nitrogens with zero attached hydrogens (tertiary/aromatic N) is 2. The van der Waals surface area contributed by atoms with Gasteiger partial charge in [0.1, 0.15) is 6.61 Å². The van der Waals surface area contributed by atoms with Crippen LogP contribution in [0.3, 0.4) is 0 Å². The lowest BCUT2D eigenvalue weighted by atomic mass is 10.2. The highest BCUT2D eigenvalue weighted by Crippen LogP contribution is 2.28. The van der Waals surface area contributed by atoms with Crippen LogP contribution in [0.25, 0.3) is 0 Å². The van der Waals surface area contributed by atoms with Crippen molar-refractivity contribution >= 4 is 0 Å². The third-order valence-corrected chi connectivity index (χ3v) is 2.47. The predicted molar refractivity (Wildman–Crippen MR) is 65.3 cm³/mol. The van der Waals surface area contributed by atoms with E-state index in [1.807, 2.05) is 38.4 Å². The molecule has 4 nitrogen and oxygen atoms in total. The molecular weight excluding hydrogens is 216 g/mol. The second-order valence-electron chi connectivity index (χ2n) is 3.97. The van der Waals surface area contributed by atoms with Gasteiger partial charge < -0.3 is 9.47 Å². The summed E-state index contributed by atoms with van der Waals surface area (Å²) in [4.78, 5) is 0. The highest BCUT2D eigenvalue weighted by atomic mass is 16.5. The van der Waals surface area contributed by atoms with Gasteiger partial charge in [-0.3, -0.25) is 4.68 Å². The minimum atomic E-state index is 0.494. The van der Waals surface area contributed by atoms with Gasteiger partial charge in [0, 0.05) is 18.8 Å². The van der Waals surface area contributed by atoms with E-state index >= 15 is 0 Å². The van der Waals surface area contributed by atoms with Crippen LogP contribution in [-0.4, -0.2) is 16.9 Å². The van der Waals surface area contributed by atoms with Crippen molar-refractivity contribution in [2.24, 2.45) is 7.05 Å². The van der Waals surface area contributed by atoms with Crippen molar-refractivity contribution < 1.29 is 9.47 Å². The monoisotopic (exact) mass is 232 g/mol. The molecular formula is C13H16N2O2. The van der Waals surface area contributed by atoms with E-state index in [9.17, 15) is 0 Å². The maximum absolute atomic E-state index is 5.73. The number of methoxy groups -OCH3 is 1. The Bertz CT molecular complexity index is 506. The van der Waals surface area contributed by atoms with Crippen LogP contribution < -0.4 is 9.47 Å². The van der Waals surface area contributed by atoms with E-state index in [4.69, 9.17) is 9.47 Å². The Morgan fingerprint density at radius 3 is 2.76 bits per heavy atom. The molecule has 4 heteroatoms. The van der Waals surface area contributed by atoms with Gasteiger partial charge in [-0.15, -0.1) is 0 Å². The minimum absolute atomic E-state index is 0.494. The van der Waals surface area contributed by atoms with Crippen molar-refractivity contribution in [2.75, 3.05) is 7.11 Å². The summed E-state index contributed by atoms with van der Waals surface area (Å²) < 4.78 is 12.7. The molecule has 0 unspecified atom stereocenters. The topological polar surface area (TPSA) is 36.3 Å². The quantitative estimate of drug-likeness (QED) is 0.811. The Morgan fingerprint density at radius 1 is 1.29 bits per heavy atom. The summed E-state index contributed by atoms with van der Waals surface area (Å²) in [6.45, 7) is 2.52. The molecule has 1 aromatic carbocycles. The summed E-state index contributed by atoms with van der Waals surface area (Å²) in [5.74, 6) is 1.51. The number of rotatable bonds is 4. The summed E-state index contributed by atoms with van der Waals surface area (Å²) in [6, 6.07) is 5.87. The van der Waals surface area contributed by atoms with Gasteiger partial charge in [-0.05, 0) is 24.6 Å². The number of hydrogen-bond donors (Lipinski definition) is 0. The molecule has 0 atom stereocenters. The third kappa shape index (κ3) is 2.78. The Hall–Kier alpha value is -1.97. The highest BCUT2D eigenvalue weighted by molar-refractivity contribution is 5.42. The molecule has 0 N–H and O–H groups in total. The number of aryl methyl sites for hydroxylation is 2. The number of benzene rings is 1. The van der Waals surface area contributed by atoms with Crippen LogP contribution in [0.4, 0.5) is 0 Å². The lowest BCUT2D eigenvalue weighted by Gasteiger charge is -2.10. The first-order chi connectivity index (χ1) is 8.19. The van der Waals surface area contributed by atoms with Crippen LogP contribution in [0.5, 0.6) is 11.5 Å². The van der Waals surface area contributed by atoms with Crippen LogP contribution in [0.2, 0.25) is 0 Å². The first-order valence-corrected chi connectivity index (χ1v) is 5.44. The molecule has 0 bridgehead atoms. The predicted octanol–water partition coefficient (Wildman–Crippen LogP) is 2.32. The first kappa shape index (κ1) is 11.5. The van der Waals surface area contributed by atoms with Crippen molar-refractivity contribution in [1.82, 2.24) is 9.78 Å². The van der Waals surface area contributed by atoms with Crippen molar-refractivity contribution in [3.63, 3.8) is 0 Å². The lowest BCUT2D eigenvalue weighted by molar-refractivity contribution is 0.284. The molecule has 0 amide bonds. The molecule has 2 rings (SSSR count). The molecule has 0 fully saturated rings. The van der Waals surface area contributed by atoms with Crippen LogP contribution in [0.1, 0.15) is 11.1 Å². The zero-order valence-corrected chi connectivity index (χ0v) is 10.3. The Morgan fingerprint density at radius 2 is 2.12 bits per heavy atom. The lowest BCUT2D eigenvalue weighted by Crippen LogP contribution is -1.97. The van der Waals surface area contributed by atoms with Crippen molar-refractivity contribution in [3.05, 3.63) is 41.7 Å². The minimum Gasteiger partial charge on any atom is -0.493 e. The number of hydrogen-bond acceptors (Lipinski definition) is 3. The molecule has 0 aliphatic heterocycles. The Balaban J connectivity index is 2.10. The van der Waals surface area contributed by atoms with Crippen molar-refractivity contribution in [1.29, 1.82) is 0 Å². The number of ether oxygens (including phenoxy) is 2. The molecule has 0 saturated heterocycles. The van der Waals surface area contributed by atoms with E-state index in [2.05, 4.69) is 5.10 Å². The van der Waals surface area contributed by atoms with Gasteiger partial charge in [0.15, 0.2) is 11.5 Å². The third-order valence-electron chi connectivity index (χ3n) is 2.47. The summed E-state index contributed by atoms with van der Waals surface area (Å²) in [7, 11) is 3.53. The molecule has 90 valence electrons. The summed E-state index contributed by atoms with van der Waals surface area (Å²) in [6.07, 6.45) is 3.73. The van der Waals surface area contributed by atoms with Gasteiger partial charge >= 0.3 is 0 Å². The van der Waals surface area contributed by atoms with E-state index in [1.54, 1.807) is 18.0 Å². The second-order valence-corrected chi connectivity index (χ2v) is 3.97. The van der Waals surface area contributed by atoms with Crippen LogP contribution in [0, 0.1) is 6.92 Å². The molecule has 0 saturated carbocycles. The maximum atomic E-state index is 5.73. The summed E-state index contributed by atoms with van der Waals surface area (Å²) in [5.41, 5.74) is 2.18. The summed E-state index contributed by atoms with van der Waals surface area (Å²) >= 11 is 0. The first-order valence-electron chi connectivity index (χ1n) is 5.44. The number of aromatic nitrogens is 2. The fourth-order valence-electron chi connectivity index (χ4n) is 1.60. The molecule has 17 heavy (non-hydrogen) atoms. The normalized spacial score (nSPS) is 10.3. The van der Waals surface area contributed by atoms with Crippen LogP contribution in [-0.2, 0) is 13.7 Å². The second kappa shape index (κ2) is 4.91. The molecule has 0 radical (unpaired) electrons. The summed E-state index contributed by atoms with van der Waals surface area (Å²) in [5, 5.41) is 4.09. The molecule has 1 aromatic heterocycles. The molecule has 2 aromatic rings. The Labute approximate surface area is 101 Å². The maximum Gasteiger partial charge on any atom is 0.161 e. The van der Waals surface area contributed by atoms with Gasteiger partial charge in [0.2, 0.25) is 0 Å². The SMILES string of the molecule is COc1ccc(C)cc1OCc1cnn(C)c1. The zero-order chi connectivity index (χ0) is 12.3. The zero-order valence-electron chi connectivity index (χ0n) is 10.3. The van der Waals surface area contributed by atoms with Crippen molar-refractivity contribution in [2.45, 2.75) is 13.5 Å². The highest BCUT2D eigenvalue weighted by Gasteiger charge is 2.05. The van der Waals surface area contributed by atoms with E-state index in [0.717, 1.165) is 22.6 Å². The average molecular weight is 232 g/mol. The molecule has 0 aliphatic carbocycles. The van der Waals surface area contributed by atoms with E-state index in [1.165, 1.54) is 0 Å². The van der Waals surface area contributed by atoms with Crippen LogP contribution in [0.15, 0.2) is 30.6 Å². The van der Waals surface area contributed by atoms with Crippen molar-refractivity contribution in [3.8, 4) is 11.5 Å². The van der Waals surface area contributed by atoms with E-state index < -0.39 is 0 Å². The van der Waals surface area contributed by atoms with E-state index in [0.29, 0.717) is 6.61 Å². The van der Waals surface area contributed by atoms with Gasteiger partial charge in [-0.1, -0.05) is 6.07 Å². The van der Waals surface area contributed by atoms with Gasteiger partial charge in [0.25, 0.3) is 0 Å². The largest absolute Gasteiger partial charge is 0.493 e. The fraction of sp³-hybridized carbons (Fsp3) is 0.308. The Kier molecular flexibility index (Phi) is 3.32. The van der Waals surface area contributed by atoms with Crippen LogP contribution >= 0.6 is 0 Å². The molecule has 1 heterocycles. The average Bonchev–Trinajstić information content (AvgIpc) is 2.73. The van der Waals surface area contributed by atoms with Gasteiger partial charge in [-0.25, -0.2) is 0 Å². The van der Waals surface area contributed by atoms with Gasteiger partial charge in [0.05, 0.1) is 13.3 Å². The smallest absolute Gasteiger partial charge is 0.161 e.